The lowest BCUT2D eigenvalue weighted by atomic mass is 10.2. The Morgan fingerprint density at radius 3 is 2.59 bits per heavy atom. The van der Waals surface area contributed by atoms with Gasteiger partial charge < -0.3 is 0 Å². The van der Waals surface area contributed by atoms with Gasteiger partial charge in [0.05, 0.1) is 17.1 Å². The van der Waals surface area contributed by atoms with Gasteiger partial charge in [0.25, 0.3) is 12.3 Å². The highest BCUT2D eigenvalue weighted by Crippen LogP contribution is 2.31. The van der Waals surface area contributed by atoms with Crippen LogP contribution in [-0.2, 0) is 4.79 Å². The number of carbonyl (C=O) groups excluding carboxylic acids is 1. The highest BCUT2D eigenvalue weighted by Gasteiger charge is 2.31. The zero-order chi connectivity index (χ0) is 12.6. The van der Waals surface area contributed by atoms with Crippen LogP contribution in [-0.4, -0.2) is 18.0 Å². The van der Waals surface area contributed by atoms with E-state index in [1.165, 1.54) is 18.2 Å². The molecule has 0 radical (unpaired) electrons. The van der Waals surface area contributed by atoms with E-state index in [0.29, 0.717) is 5.02 Å². The number of alkyl halides is 2. The maximum atomic E-state index is 12.4. The maximum Gasteiger partial charge on any atom is 0.278 e. The number of rotatable bonds is 2. The van der Waals surface area contributed by atoms with Crippen LogP contribution in [0.1, 0.15) is 6.42 Å². The highest BCUT2D eigenvalue weighted by molar-refractivity contribution is 6.37. The van der Waals surface area contributed by atoms with Gasteiger partial charge in [-0.3, -0.25) is 4.79 Å². The molecule has 7 heteroatoms. The van der Waals surface area contributed by atoms with E-state index in [0.717, 1.165) is 5.01 Å². The van der Waals surface area contributed by atoms with Gasteiger partial charge in [-0.1, -0.05) is 23.2 Å². The fourth-order valence-electron chi connectivity index (χ4n) is 1.41. The Morgan fingerprint density at radius 2 is 2.06 bits per heavy atom. The van der Waals surface area contributed by atoms with Gasteiger partial charge >= 0.3 is 0 Å². The predicted molar refractivity (Wildman–Crippen MR) is 62.0 cm³/mol. The molecule has 17 heavy (non-hydrogen) atoms. The number of halogens is 4. The first kappa shape index (κ1) is 12.3. The van der Waals surface area contributed by atoms with Gasteiger partial charge in [-0.15, -0.1) is 0 Å². The molecule has 2 rings (SSSR count). The molecule has 1 amide bonds. The van der Waals surface area contributed by atoms with Crippen LogP contribution in [0.25, 0.3) is 0 Å². The van der Waals surface area contributed by atoms with Crippen molar-refractivity contribution in [1.29, 1.82) is 0 Å². The van der Waals surface area contributed by atoms with Crippen molar-refractivity contribution < 1.29 is 13.6 Å². The van der Waals surface area contributed by atoms with Crippen LogP contribution in [0.3, 0.4) is 0 Å². The van der Waals surface area contributed by atoms with Crippen LogP contribution in [0, 0.1) is 0 Å². The minimum atomic E-state index is -2.74. The molecule has 1 aliphatic rings. The molecule has 0 aromatic heterocycles. The standard InChI is InChI=1S/C10H6Cl2F2N2O/c11-5-1-2-8(6(12)3-5)16-9(17)4-7(15-16)10(13)14/h1-3,10H,4H2. The van der Waals surface area contributed by atoms with Crippen LogP contribution >= 0.6 is 23.2 Å². The van der Waals surface area contributed by atoms with E-state index in [2.05, 4.69) is 5.10 Å². The smallest absolute Gasteiger partial charge is 0.272 e. The molecule has 0 N–H and O–H groups in total. The second-order valence-corrected chi connectivity index (χ2v) is 4.21. The molecule has 0 saturated heterocycles. The first-order valence-corrected chi connectivity index (χ1v) is 5.38. The van der Waals surface area contributed by atoms with E-state index in [1.807, 2.05) is 0 Å². The van der Waals surface area contributed by atoms with E-state index in [9.17, 15) is 13.6 Å². The van der Waals surface area contributed by atoms with Gasteiger partial charge in [0.1, 0.15) is 5.71 Å². The van der Waals surface area contributed by atoms with Crippen LogP contribution in [0.5, 0.6) is 0 Å². The van der Waals surface area contributed by atoms with Crippen molar-refractivity contribution in [2.75, 3.05) is 5.01 Å². The van der Waals surface area contributed by atoms with Crippen molar-refractivity contribution >= 4 is 40.5 Å². The van der Waals surface area contributed by atoms with Crippen LogP contribution in [0.4, 0.5) is 14.5 Å². The van der Waals surface area contributed by atoms with E-state index in [-0.39, 0.29) is 10.7 Å². The van der Waals surface area contributed by atoms with Crippen LogP contribution in [0.15, 0.2) is 23.3 Å². The molecule has 1 aromatic rings. The van der Waals surface area contributed by atoms with Crippen molar-refractivity contribution in [3.8, 4) is 0 Å². The molecule has 3 nitrogen and oxygen atoms in total. The quantitative estimate of drug-likeness (QED) is 0.817. The van der Waals surface area contributed by atoms with Crippen molar-refractivity contribution in [2.24, 2.45) is 5.10 Å². The van der Waals surface area contributed by atoms with Gasteiger partial charge in [-0.2, -0.15) is 10.1 Å². The maximum absolute atomic E-state index is 12.4. The number of hydrogen-bond acceptors (Lipinski definition) is 2. The molecule has 0 aliphatic carbocycles. The lowest BCUT2D eigenvalue weighted by Gasteiger charge is -2.13. The molecular weight excluding hydrogens is 273 g/mol. The topological polar surface area (TPSA) is 32.7 Å². The van der Waals surface area contributed by atoms with Crippen LogP contribution in [0.2, 0.25) is 10.0 Å². The summed E-state index contributed by atoms with van der Waals surface area (Å²) in [4.78, 5) is 11.5. The molecule has 0 spiro atoms. The zero-order valence-corrected chi connectivity index (χ0v) is 9.84. The Balaban J connectivity index is 2.37. The fraction of sp³-hybridized carbons (Fsp3) is 0.200. The minimum absolute atomic E-state index is 0.185. The van der Waals surface area contributed by atoms with Crippen LogP contribution < -0.4 is 5.01 Å². The van der Waals surface area contributed by atoms with E-state index < -0.39 is 24.5 Å². The number of hydrazone groups is 1. The Kier molecular flexibility index (Phi) is 3.31. The first-order chi connectivity index (χ1) is 7.99. The Labute approximate surface area is 106 Å². The average Bonchev–Trinajstić information content (AvgIpc) is 2.61. The SMILES string of the molecule is O=C1CC(C(F)F)=NN1c1ccc(Cl)cc1Cl. The third kappa shape index (κ3) is 2.40. The van der Waals surface area contributed by atoms with Crippen molar-refractivity contribution in [3.05, 3.63) is 28.2 Å². The fourth-order valence-corrected chi connectivity index (χ4v) is 1.90. The summed E-state index contributed by atoms with van der Waals surface area (Å²) in [5.41, 5.74) is -0.210. The Bertz CT molecular complexity index is 505. The molecule has 1 heterocycles. The zero-order valence-electron chi connectivity index (χ0n) is 8.33. The second-order valence-electron chi connectivity index (χ2n) is 3.37. The summed E-state index contributed by atoms with van der Waals surface area (Å²) in [6, 6.07) is 4.38. The lowest BCUT2D eigenvalue weighted by Crippen LogP contribution is -2.19. The van der Waals surface area contributed by atoms with Crippen molar-refractivity contribution in [1.82, 2.24) is 0 Å². The molecule has 0 atom stereocenters. The molecular formula is C10H6Cl2F2N2O. The summed E-state index contributed by atoms with van der Waals surface area (Å²) in [5, 5.41) is 5.00. The molecule has 0 saturated carbocycles. The van der Waals surface area contributed by atoms with E-state index in [4.69, 9.17) is 23.2 Å². The third-order valence-corrected chi connectivity index (χ3v) is 2.72. The Morgan fingerprint density at radius 1 is 1.35 bits per heavy atom. The summed E-state index contributed by atoms with van der Waals surface area (Å²) in [6.45, 7) is 0. The molecule has 0 unspecified atom stereocenters. The summed E-state index contributed by atoms with van der Waals surface area (Å²) >= 11 is 11.6. The number of amides is 1. The van der Waals surface area contributed by atoms with Crippen molar-refractivity contribution in [3.63, 3.8) is 0 Å². The second kappa shape index (κ2) is 4.58. The Hall–Kier alpha value is -1.20. The summed E-state index contributed by atoms with van der Waals surface area (Å²) < 4.78 is 24.8. The van der Waals surface area contributed by atoms with Gasteiger partial charge in [0, 0.05) is 5.02 Å². The predicted octanol–water partition coefficient (Wildman–Crippen LogP) is 3.35. The monoisotopic (exact) mass is 278 g/mol. The molecule has 1 aromatic carbocycles. The number of carbonyl (C=O) groups is 1. The molecule has 90 valence electrons. The lowest BCUT2D eigenvalue weighted by molar-refractivity contribution is -0.117. The number of anilines is 1. The number of nitrogens with zero attached hydrogens (tertiary/aromatic N) is 2. The van der Waals surface area contributed by atoms with Crippen molar-refractivity contribution in [2.45, 2.75) is 12.8 Å². The van der Waals surface area contributed by atoms with Gasteiger partial charge in [-0.05, 0) is 18.2 Å². The van der Waals surface area contributed by atoms with E-state index >= 15 is 0 Å². The van der Waals surface area contributed by atoms with Gasteiger partial charge in [0.2, 0.25) is 0 Å². The third-order valence-electron chi connectivity index (χ3n) is 2.19. The molecule has 0 bridgehead atoms. The normalized spacial score (nSPS) is 15.7. The molecule has 1 aliphatic heterocycles. The summed E-state index contributed by atoms with van der Waals surface area (Å²) in [7, 11) is 0. The highest BCUT2D eigenvalue weighted by atomic mass is 35.5. The summed E-state index contributed by atoms with van der Waals surface area (Å²) in [5.74, 6) is -0.537. The van der Waals surface area contributed by atoms with Gasteiger partial charge in [0.15, 0.2) is 0 Å². The number of benzene rings is 1. The average molecular weight is 279 g/mol. The largest absolute Gasteiger partial charge is 0.278 e. The molecule has 0 fully saturated rings. The summed E-state index contributed by atoms with van der Waals surface area (Å²) in [6.07, 6.45) is -3.13. The number of hydrogen-bond donors (Lipinski definition) is 0. The van der Waals surface area contributed by atoms with Gasteiger partial charge in [-0.25, -0.2) is 8.78 Å². The first-order valence-electron chi connectivity index (χ1n) is 4.62. The van der Waals surface area contributed by atoms with E-state index in [1.54, 1.807) is 0 Å². The minimum Gasteiger partial charge on any atom is -0.272 e.